The van der Waals surface area contributed by atoms with E-state index in [1.165, 1.54) is 5.56 Å². The number of carbonyl (C=O) groups excluding carboxylic acids is 1. The molecule has 0 radical (unpaired) electrons. The summed E-state index contributed by atoms with van der Waals surface area (Å²) in [5.74, 6) is 0.195. The van der Waals surface area contributed by atoms with E-state index in [-0.39, 0.29) is 11.7 Å². The van der Waals surface area contributed by atoms with Crippen molar-refractivity contribution in [3.63, 3.8) is 0 Å². The molecule has 0 bridgehead atoms. The Kier molecular flexibility index (Phi) is 4.81. The van der Waals surface area contributed by atoms with Crippen LogP contribution in [0.3, 0.4) is 0 Å². The minimum atomic E-state index is -0.0161. The molecule has 2 aromatic carbocycles. The van der Waals surface area contributed by atoms with Crippen molar-refractivity contribution >= 4 is 32.6 Å². The van der Waals surface area contributed by atoms with E-state index in [0.29, 0.717) is 6.42 Å². The normalized spacial score (nSPS) is 12.3. The van der Waals surface area contributed by atoms with Crippen LogP contribution in [0, 0.1) is 12.8 Å². The lowest BCUT2D eigenvalue weighted by Gasteiger charge is -2.18. The number of ketones is 1. The van der Waals surface area contributed by atoms with Crippen LogP contribution in [0.5, 0.6) is 0 Å². The summed E-state index contributed by atoms with van der Waals surface area (Å²) >= 11 is 3.57. The first kappa shape index (κ1) is 16.8. The van der Waals surface area contributed by atoms with Crippen molar-refractivity contribution in [3.05, 3.63) is 64.3 Å². The number of pyridine rings is 1. The Bertz CT molecular complexity index is 903. The van der Waals surface area contributed by atoms with Gasteiger partial charge in [-0.25, -0.2) is 0 Å². The van der Waals surface area contributed by atoms with Crippen LogP contribution in [0.25, 0.3) is 22.0 Å². The number of hydrogen-bond acceptors (Lipinski definition) is 2. The van der Waals surface area contributed by atoms with Gasteiger partial charge in [0.05, 0.1) is 5.52 Å². The molecule has 0 saturated carbocycles. The molecule has 0 spiro atoms. The number of hydrogen-bond donors (Lipinski definition) is 0. The number of halogens is 1. The smallest absolute Gasteiger partial charge is 0.132 e. The summed E-state index contributed by atoms with van der Waals surface area (Å²) in [7, 11) is 0. The summed E-state index contributed by atoms with van der Waals surface area (Å²) in [5.41, 5.74) is 5.49. The van der Waals surface area contributed by atoms with Gasteiger partial charge in [-0.15, -0.1) is 0 Å². The van der Waals surface area contributed by atoms with Crippen molar-refractivity contribution in [1.82, 2.24) is 4.98 Å². The van der Waals surface area contributed by atoms with E-state index in [2.05, 4.69) is 34.1 Å². The van der Waals surface area contributed by atoms with E-state index in [9.17, 15) is 4.79 Å². The van der Waals surface area contributed by atoms with Gasteiger partial charge in [0.15, 0.2) is 0 Å². The molecule has 1 unspecified atom stereocenters. The molecular formula is C21H20BrNO. The Balaban J connectivity index is 2.33. The van der Waals surface area contributed by atoms with Crippen molar-refractivity contribution in [1.29, 1.82) is 0 Å². The SMILES string of the molecule is CC(=O)C(C)Cc1c(C)nc2ccc(Br)cc2c1-c1ccccc1. The monoisotopic (exact) mass is 381 g/mol. The number of aryl methyl sites for hydroxylation is 1. The number of carbonyl (C=O) groups is 1. The molecule has 2 nitrogen and oxygen atoms in total. The average Bonchev–Trinajstić information content (AvgIpc) is 2.56. The van der Waals surface area contributed by atoms with Gasteiger partial charge < -0.3 is 0 Å². The van der Waals surface area contributed by atoms with Crippen LogP contribution in [0.2, 0.25) is 0 Å². The number of benzene rings is 2. The van der Waals surface area contributed by atoms with Crippen LogP contribution in [0.4, 0.5) is 0 Å². The fourth-order valence-electron chi connectivity index (χ4n) is 3.03. The first-order valence-corrected chi connectivity index (χ1v) is 8.91. The van der Waals surface area contributed by atoms with Gasteiger partial charge in [0.2, 0.25) is 0 Å². The summed E-state index contributed by atoms with van der Waals surface area (Å²) in [6, 6.07) is 16.5. The lowest BCUT2D eigenvalue weighted by Crippen LogP contribution is -2.12. The van der Waals surface area contributed by atoms with E-state index in [0.717, 1.165) is 32.2 Å². The lowest BCUT2D eigenvalue weighted by atomic mass is 9.88. The standard InChI is InChI=1S/C21H20BrNO/c1-13(15(3)24)11-18-14(2)23-20-10-9-17(22)12-19(20)21(18)16-7-5-4-6-8-16/h4-10,12-13H,11H2,1-3H3. The minimum Gasteiger partial charge on any atom is -0.300 e. The number of Topliss-reactive ketones (excluding diaryl/α,β-unsaturated/α-hetero) is 1. The van der Waals surface area contributed by atoms with Crippen LogP contribution in [0.15, 0.2) is 53.0 Å². The third kappa shape index (κ3) is 3.27. The number of nitrogens with zero attached hydrogens (tertiary/aromatic N) is 1. The summed E-state index contributed by atoms with van der Waals surface area (Å²) < 4.78 is 1.03. The molecule has 0 amide bonds. The van der Waals surface area contributed by atoms with E-state index in [4.69, 9.17) is 4.98 Å². The molecule has 122 valence electrons. The van der Waals surface area contributed by atoms with Crippen molar-refractivity contribution < 1.29 is 4.79 Å². The molecule has 1 heterocycles. The highest BCUT2D eigenvalue weighted by Crippen LogP contribution is 2.35. The second kappa shape index (κ2) is 6.86. The zero-order chi connectivity index (χ0) is 17.3. The molecule has 1 atom stereocenters. The first-order valence-electron chi connectivity index (χ1n) is 8.12. The highest BCUT2D eigenvalue weighted by Gasteiger charge is 2.18. The van der Waals surface area contributed by atoms with Gasteiger partial charge in [0, 0.05) is 21.5 Å². The second-order valence-electron chi connectivity index (χ2n) is 6.29. The summed E-state index contributed by atoms with van der Waals surface area (Å²) in [5, 5.41) is 1.12. The van der Waals surface area contributed by atoms with Gasteiger partial charge in [0.25, 0.3) is 0 Å². The number of fused-ring (bicyclic) bond motifs is 1. The summed E-state index contributed by atoms with van der Waals surface area (Å²) in [4.78, 5) is 16.6. The zero-order valence-corrected chi connectivity index (χ0v) is 15.7. The maximum Gasteiger partial charge on any atom is 0.132 e. The highest BCUT2D eigenvalue weighted by molar-refractivity contribution is 9.10. The molecule has 0 aliphatic heterocycles. The van der Waals surface area contributed by atoms with Gasteiger partial charge in [-0.3, -0.25) is 9.78 Å². The van der Waals surface area contributed by atoms with E-state index in [1.807, 2.05) is 44.2 Å². The van der Waals surface area contributed by atoms with Crippen molar-refractivity contribution in [2.45, 2.75) is 27.2 Å². The molecule has 0 saturated heterocycles. The van der Waals surface area contributed by atoms with E-state index >= 15 is 0 Å². The Morgan fingerprint density at radius 1 is 1.17 bits per heavy atom. The number of rotatable bonds is 4. The van der Waals surface area contributed by atoms with Crippen LogP contribution in [-0.4, -0.2) is 10.8 Å². The van der Waals surface area contributed by atoms with E-state index in [1.54, 1.807) is 6.92 Å². The van der Waals surface area contributed by atoms with Gasteiger partial charge in [-0.2, -0.15) is 0 Å². The van der Waals surface area contributed by atoms with Gasteiger partial charge in [-0.1, -0.05) is 53.2 Å². The average molecular weight is 382 g/mol. The molecular weight excluding hydrogens is 362 g/mol. The Labute approximate surface area is 151 Å². The van der Waals surface area contributed by atoms with Crippen LogP contribution < -0.4 is 0 Å². The van der Waals surface area contributed by atoms with Gasteiger partial charge in [0.1, 0.15) is 5.78 Å². The molecule has 3 aromatic rings. The molecule has 24 heavy (non-hydrogen) atoms. The van der Waals surface area contributed by atoms with Gasteiger partial charge in [-0.05, 0) is 55.2 Å². The first-order chi connectivity index (χ1) is 11.5. The predicted octanol–water partition coefficient (Wildman–Crippen LogP) is 5.74. The van der Waals surface area contributed by atoms with Crippen LogP contribution >= 0.6 is 15.9 Å². The van der Waals surface area contributed by atoms with Crippen molar-refractivity contribution in [2.24, 2.45) is 5.92 Å². The summed E-state index contributed by atoms with van der Waals surface area (Å²) in [6.45, 7) is 5.69. The Morgan fingerprint density at radius 3 is 2.54 bits per heavy atom. The topological polar surface area (TPSA) is 30.0 Å². The lowest BCUT2D eigenvalue weighted by molar-refractivity contribution is -0.120. The van der Waals surface area contributed by atoms with E-state index < -0.39 is 0 Å². The molecule has 0 aliphatic carbocycles. The summed E-state index contributed by atoms with van der Waals surface area (Å²) in [6.07, 6.45) is 0.709. The second-order valence-corrected chi connectivity index (χ2v) is 7.21. The molecule has 0 N–H and O–H groups in total. The van der Waals surface area contributed by atoms with Crippen molar-refractivity contribution in [2.75, 3.05) is 0 Å². The third-order valence-corrected chi connectivity index (χ3v) is 5.01. The van der Waals surface area contributed by atoms with Crippen LogP contribution in [-0.2, 0) is 11.2 Å². The highest BCUT2D eigenvalue weighted by atomic mass is 79.9. The predicted molar refractivity (Wildman–Crippen MR) is 103 cm³/mol. The zero-order valence-electron chi connectivity index (χ0n) is 14.1. The third-order valence-electron chi connectivity index (χ3n) is 4.52. The maximum absolute atomic E-state index is 11.8. The number of aromatic nitrogens is 1. The quantitative estimate of drug-likeness (QED) is 0.576. The van der Waals surface area contributed by atoms with Crippen LogP contribution in [0.1, 0.15) is 25.1 Å². The molecule has 1 aromatic heterocycles. The Hall–Kier alpha value is -2.00. The minimum absolute atomic E-state index is 0.0161. The largest absolute Gasteiger partial charge is 0.300 e. The molecule has 0 fully saturated rings. The molecule has 3 rings (SSSR count). The molecule has 0 aliphatic rings. The maximum atomic E-state index is 11.8. The fraction of sp³-hybridized carbons (Fsp3) is 0.238. The van der Waals surface area contributed by atoms with Gasteiger partial charge >= 0.3 is 0 Å². The fourth-order valence-corrected chi connectivity index (χ4v) is 3.39. The molecule has 3 heteroatoms. The van der Waals surface area contributed by atoms with Crippen molar-refractivity contribution in [3.8, 4) is 11.1 Å². The Morgan fingerprint density at radius 2 is 1.88 bits per heavy atom.